The van der Waals surface area contributed by atoms with Crippen molar-refractivity contribution in [2.45, 2.75) is 11.2 Å². The number of benzene rings is 2. The Hall–Kier alpha value is -1.61. The highest BCUT2D eigenvalue weighted by molar-refractivity contribution is 9.09. The van der Waals surface area contributed by atoms with Gasteiger partial charge in [-0.15, -0.1) is 0 Å². The fourth-order valence-corrected chi connectivity index (χ4v) is 2.73. The van der Waals surface area contributed by atoms with Crippen LogP contribution in [-0.4, -0.2) is 0 Å². The zero-order chi connectivity index (χ0) is 13.2. The first kappa shape index (κ1) is 12.4. The van der Waals surface area contributed by atoms with Gasteiger partial charge >= 0.3 is 0 Å². The number of fused-ring (bicyclic) bond motifs is 1. The molecule has 0 aliphatic carbocycles. The molecule has 0 fully saturated rings. The molecule has 96 valence electrons. The van der Waals surface area contributed by atoms with E-state index < -0.39 is 0 Å². The van der Waals surface area contributed by atoms with Crippen molar-refractivity contribution in [1.29, 1.82) is 0 Å². The van der Waals surface area contributed by atoms with Crippen LogP contribution in [0.25, 0.3) is 11.0 Å². The van der Waals surface area contributed by atoms with Crippen LogP contribution < -0.4 is 0 Å². The first-order valence-electron chi connectivity index (χ1n) is 6.09. The lowest BCUT2D eigenvalue weighted by atomic mass is 10.1. The highest BCUT2D eigenvalue weighted by Crippen LogP contribution is 2.31. The van der Waals surface area contributed by atoms with E-state index >= 15 is 0 Å². The van der Waals surface area contributed by atoms with Crippen molar-refractivity contribution in [2.75, 3.05) is 0 Å². The molecule has 1 atom stereocenters. The molecular formula is C16H12BrFO. The first-order chi connectivity index (χ1) is 9.22. The largest absolute Gasteiger partial charge is 0.460 e. The molecule has 0 aliphatic rings. The van der Waals surface area contributed by atoms with Gasteiger partial charge in [0.15, 0.2) is 0 Å². The van der Waals surface area contributed by atoms with Crippen LogP contribution in [0.3, 0.4) is 0 Å². The number of furan rings is 1. The predicted octanol–water partition coefficient (Wildman–Crippen LogP) is 5.25. The quantitative estimate of drug-likeness (QED) is 0.601. The summed E-state index contributed by atoms with van der Waals surface area (Å²) in [4.78, 5) is 0.0432. The summed E-state index contributed by atoms with van der Waals surface area (Å²) in [7, 11) is 0. The zero-order valence-corrected chi connectivity index (χ0v) is 11.7. The highest BCUT2D eigenvalue weighted by atomic mass is 79.9. The maximum absolute atomic E-state index is 13.1. The normalized spacial score (nSPS) is 12.7. The monoisotopic (exact) mass is 318 g/mol. The van der Waals surface area contributed by atoms with Gasteiger partial charge in [-0.05, 0) is 36.2 Å². The standard InChI is InChI=1S/C16H12BrFO/c17-14(9-11-4-3-6-13(18)8-11)16-10-12-5-1-2-7-15(12)19-16/h1-8,10,14H,9H2. The maximum Gasteiger partial charge on any atom is 0.134 e. The molecule has 0 radical (unpaired) electrons. The Kier molecular flexibility index (Phi) is 3.38. The van der Waals surface area contributed by atoms with Gasteiger partial charge in [0.2, 0.25) is 0 Å². The van der Waals surface area contributed by atoms with Gasteiger partial charge in [0.05, 0.1) is 4.83 Å². The van der Waals surface area contributed by atoms with E-state index in [-0.39, 0.29) is 10.6 Å². The van der Waals surface area contributed by atoms with Crippen LogP contribution in [0.4, 0.5) is 4.39 Å². The van der Waals surface area contributed by atoms with Crippen molar-refractivity contribution < 1.29 is 8.81 Å². The SMILES string of the molecule is Fc1cccc(CC(Br)c2cc3ccccc3o2)c1. The fraction of sp³-hybridized carbons (Fsp3) is 0.125. The van der Waals surface area contributed by atoms with Crippen LogP contribution in [0.2, 0.25) is 0 Å². The van der Waals surface area contributed by atoms with E-state index in [1.54, 1.807) is 12.1 Å². The predicted molar refractivity (Wildman–Crippen MR) is 78.0 cm³/mol. The molecule has 3 rings (SSSR count). The summed E-state index contributed by atoms with van der Waals surface area (Å²) < 4.78 is 18.9. The molecule has 0 saturated carbocycles. The molecule has 0 saturated heterocycles. The van der Waals surface area contributed by atoms with Crippen LogP contribution in [0, 0.1) is 5.82 Å². The van der Waals surface area contributed by atoms with Gasteiger partial charge < -0.3 is 4.42 Å². The molecule has 1 heterocycles. The van der Waals surface area contributed by atoms with Crippen LogP contribution in [0.5, 0.6) is 0 Å². The molecule has 1 unspecified atom stereocenters. The summed E-state index contributed by atoms with van der Waals surface area (Å²) in [6.45, 7) is 0. The zero-order valence-electron chi connectivity index (χ0n) is 10.1. The summed E-state index contributed by atoms with van der Waals surface area (Å²) in [5, 5.41) is 1.08. The van der Waals surface area contributed by atoms with Crippen molar-refractivity contribution in [3.05, 3.63) is 71.7 Å². The number of alkyl halides is 1. The van der Waals surface area contributed by atoms with E-state index in [9.17, 15) is 4.39 Å². The molecule has 0 N–H and O–H groups in total. The Balaban J connectivity index is 1.85. The second-order valence-electron chi connectivity index (χ2n) is 4.49. The van der Waals surface area contributed by atoms with Crippen molar-refractivity contribution in [3.63, 3.8) is 0 Å². The van der Waals surface area contributed by atoms with Gasteiger partial charge in [-0.3, -0.25) is 0 Å². The van der Waals surface area contributed by atoms with E-state index in [4.69, 9.17) is 4.42 Å². The molecule has 3 heteroatoms. The Morgan fingerprint density at radius 1 is 1.05 bits per heavy atom. The van der Waals surface area contributed by atoms with Gasteiger partial charge in [-0.25, -0.2) is 4.39 Å². The lowest BCUT2D eigenvalue weighted by Crippen LogP contribution is -1.94. The Morgan fingerprint density at radius 3 is 2.68 bits per heavy atom. The molecule has 0 bridgehead atoms. The lowest BCUT2D eigenvalue weighted by molar-refractivity contribution is 0.545. The molecular weight excluding hydrogens is 307 g/mol. The molecule has 19 heavy (non-hydrogen) atoms. The average molecular weight is 319 g/mol. The third-order valence-electron chi connectivity index (χ3n) is 3.06. The number of halogens is 2. The minimum absolute atomic E-state index is 0.0432. The average Bonchev–Trinajstić information content (AvgIpc) is 2.82. The number of rotatable bonds is 3. The van der Waals surface area contributed by atoms with Gasteiger partial charge in [0.1, 0.15) is 17.2 Å². The topological polar surface area (TPSA) is 13.1 Å². The third-order valence-corrected chi connectivity index (χ3v) is 3.83. The number of hydrogen-bond acceptors (Lipinski definition) is 1. The molecule has 0 spiro atoms. The van der Waals surface area contributed by atoms with Crippen molar-refractivity contribution >= 4 is 26.9 Å². The lowest BCUT2D eigenvalue weighted by Gasteiger charge is -2.06. The maximum atomic E-state index is 13.1. The second kappa shape index (κ2) is 5.17. The highest BCUT2D eigenvalue weighted by Gasteiger charge is 2.14. The molecule has 1 aromatic heterocycles. The smallest absolute Gasteiger partial charge is 0.134 e. The molecule has 2 aromatic carbocycles. The van der Waals surface area contributed by atoms with Crippen LogP contribution in [0.15, 0.2) is 59.0 Å². The van der Waals surface area contributed by atoms with Gasteiger partial charge in [0.25, 0.3) is 0 Å². The van der Waals surface area contributed by atoms with Gasteiger partial charge in [0, 0.05) is 5.39 Å². The van der Waals surface area contributed by atoms with Crippen molar-refractivity contribution in [1.82, 2.24) is 0 Å². The van der Waals surface area contributed by atoms with Crippen molar-refractivity contribution in [3.8, 4) is 0 Å². The minimum atomic E-state index is -0.207. The van der Waals surface area contributed by atoms with E-state index in [1.165, 1.54) is 6.07 Å². The van der Waals surface area contributed by atoms with Gasteiger partial charge in [-0.1, -0.05) is 46.3 Å². The molecule has 1 nitrogen and oxygen atoms in total. The Bertz CT molecular complexity index is 672. The Morgan fingerprint density at radius 2 is 1.89 bits per heavy atom. The van der Waals surface area contributed by atoms with E-state index in [1.807, 2.05) is 36.4 Å². The van der Waals surface area contributed by atoms with Crippen molar-refractivity contribution in [2.24, 2.45) is 0 Å². The van der Waals surface area contributed by atoms with Crippen LogP contribution in [0.1, 0.15) is 16.2 Å². The summed E-state index contributed by atoms with van der Waals surface area (Å²) in [6.07, 6.45) is 0.692. The second-order valence-corrected chi connectivity index (χ2v) is 5.59. The molecule has 0 amide bonds. The van der Waals surface area contributed by atoms with E-state index in [2.05, 4.69) is 15.9 Å². The molecule has 3 aromatic rings. The first-order valence-corrected chi connectivity index (χ1v) is 7.01. The van der Waals surface area contributed by atoms with Crippen LogP contribution in [-0.2, 0) is 6.42 Å². The van der Waals surface area contributed by atoms with Crippen LogP contribution >= 0.6 is 15.9 Å². The summed E-state index contributed by atoms with van der Waals surface area (Å²) in [6, 6.07) is 16.6. The third kappa shape index (κ3) is 2.71. The summed E-state index contributed by atoms with van der Waals surface area (Å²) >= 11 is 3.61. The minimum Gasteiger partial charge on any atom is -0.460 e. The fourth-order valence-electron chi connectivity index (χ4n) is 2.13. The Labute approximate surface area is 119 Å². The van der Waals surface area contributed by atoms with E-state index in [0.717, 1.165) is 22.3 Å². The summed E-state index contributed by atoms with van der Waals surface area (Å²) in [5.74, 6) is 0.660. The van der Waals surface area contributed by atoms with E-state index in [0.29, 0.717) is 6.42 Å². The molecule has 0 aliphatic heterocycles. The summed E-state index contributed by atoms with van der Waals surface area (Å²) in [5.41, 5.74) is 1.82. The number of para-hydroxylation sites is 1. The van der Waals surface area contributed by atoms with Gasteiger partial charge in [-0.2, -0.15) is 0 Å². The number of hydrogen-bond donors (Lipinski definition) is 0.